The van der Waals surface area contributed by atoms with Crippen LogP contribution in [0.4, 0.5) is 13.2 Å². The second kappa shape index (κ2) is 8.55. The molecule has 25 heavy (non-hydrogen) atoms. The maximum atomic E-state index is 12.6. The molecule has 4 nitrogen and oxygen atoms in total. The molecular formula is C18H35F3N2O2. The third-order valence-corrected chi connectivity index (χ3v) is 4.60. The minimum atomic E-state index is -4.20. The topological polar surface area (TPSA) is 24.9 Å². The first kappa shape index (κ1) is 22.7. The Bertz CT molecular complexity index is 381. The highest BCUT2D eigenvalue weighted by molar-refractivity contribution is 4.89. The molecule has 2 saturated heterocycles. The molecule has 0 saturated carbocycles. The predicted octanol–water partition coefficient (Wildman–Crippen LogP) is 3.55. The average Bonchev–Trinajstić information content (AvgIpc) is 2.45. The van der Waals surface area contributed by atoms with Crippen LogP contribution >= 0.6 is 0 Å². The van der Waals surface area contributed by atoms with Crippen LogP contribution in [0.15, 0.2) is 0 Å². The first-order chi connectivity index (χ1) is 11.2. The van der Waals surface area contributed by atoms with Crippen LogP contribution in [0.1, 0.15) is 48.5 Å². The Hall–Kier alpha value is -0.370. The van der Waals surface area contributed by atoms with Gasteiger partial charge in [0.05, 0.1) is 26.4 Å². The number of nitrogens with zero attached hydrogens (tertiary/aromatic N) is 2. The summed E-state index contributed by atoms with van der Waals surface area (Å²) in [6, 6.07) is -0.889. The van der Waals surface area contributed by atoms with Gasteiger partial charge in [-0.1, -0.05) is 0 Å². The molecule has 2 aliphatic rings. The summed E-state index contributed by atoms with van der Waals surface area (Å²) in [6.07, 6.45) is -4.20. The SMILES string of the molecule is CC(C)(C)N1CCOC[C@H]1C(F)(F)F.C[C@H]1COCCN1C(C)(C)C. The van der Waals surface area contributed by atoms with Crippen molar-refractivity contribution in [3.05, 3.63) is 0 Å². The van der Waals surface area contributed by atoms with Gasteiger partial charge < -0.3 is 9.47 Å². The monoisotopic (exact) mass is 368 g/mol. The van der Waals surface area contributed by atoms with Gasteiger partial charge in [0.25, 0.3) is 0 Å². The highest BCUT2D eigenvalue weighted by atomic mass is 19.4. The second-order valence-corrected chi connectivity index (χ2v) is 8.78. The van der Waals surface area contributed by atoms with Crippen molar-refractivity contribution >= 4 is 0 Å². The molecule has 0 aromatic heterocycles. The maximum Gasteiger partial charge on any atom is 0.406 e. The van der Waals surface area contributed by atoms with E-state index in [4.69, 9.17) is 9.47 Å². The molecule has 0 aromatic rings. The summed E-state index contributed by atoms with van der Waals surface area (Å²) in [6.45, 7) is 17.7. The minimum Gasteiger partial charge on any atom is -0.379 e. The van der Waals surface area contributed by atoms with Gasteiger partial charge in [-0.25, -0.2) is 0 Å². The number of hydrogen-bond acceptors (Lipinski definition) is 4. The Labute approximate surface area is 150 Å². The van der Waals surface area contributed by atoms with Crippen molar-refractivity contribution in [3.8, 4) is 0 Å². The summed E-state index contributed by atoms with van der Waals surface area (Å²) in [7, 11) is 0. The Balaban J connectivity index is 0.000000257. The predicted molar refractivity (Wildman–Crippen MR) is 93.9 cm³/mol. The lowest BCUT2D eigenvalue weighted by atomic mass is 10.0. The Morgan fingerprint density at radius 3 is 1.52 bits per heavy atom. The molecule has 0 spiro atoms. The molecule has 2 heterocycles. The number of rotatable bonds is 0. The molecule has 0 aliphatic carbocycles. The van der Waals surface area contributed by atoms with Crippen molar-refractivity contribution in [2.24, 2.45) is 0 Å². The third kappa shape index (κ3) is 7.04. The van der Waals surface area contributed by atoms with Crippen molar-refractivity contribution in [1.82, 2.24) is 9.80 Å². The van der Waals surface area contributed by atoms with E-state index in [1.54, 1.807) is 20.8 Å². The van der Waals surface area contributed by atoms with Crippen LogP contribution in [-0.4, -0.2) is 78.7 Å². The summed E-state index contributed by atoms with van der Waals surface area (Å²) in [5.74, 6) is 0. The number of alkyl halides is 3. The van der Waals surface area contributed by atoms with E-state index >= 15 is 0 Å². The van der Waals surface area contributed by atoms with Gasteiger partial charge in [-0.05, 0) is 48.5 Å². The van der Waals surface area contributed by atoms with E-state index in [2.05, 4.69) is 32.6 Å². The molecule has 2 atom stereocenters. The van der Waals surface area contributed by atoms with Crippen molar-refractivity contribution in [2.75, 3.05) is 39.5 Å². The molecule has 2 aliphatic heterocycles. The third-order valence-electron chi connectivity index (χ3n) is 4.60. The van der Waals surface area contributed by atoms with E-state index in [1.165, 1.54) is 4.90 Å². The van der Waals surface area contributed by atoms with Crippen LogP contribution < -0.4 is 0 Å². The van der Waals surface area contributed by atoms with Crippen molar-refractivity contribution < 1.29 is 22.6 Å². The number of hydrogen-bond donors (Lipinski definition) is 0. The first-order valence-electron chi connectivity index (χ1n) is 9.00. The highest BCUT2D eigenvalue weighted by Crippen LogP contribution is 2.31. The smallest absolute Gasteiger partial charge is 0.379 e. The maximum absolute atomic E-state index is 12.6. The Morgan fingerprint density at radius 1 is 0.760 bits per heavy atom. The van der Waals surface area contributed by atoms with Gasteiger partial charge in [0.15, 0.2) is 0 Å². The number of halogens is 3. The van der Waals surface area contributed by atoms with Gasteiger partial charge in [-0.2, -0.15) is 13.2 Å². The van der Waals surface area contributed by atoms with E-state index in [9.17, 15) is 13.2 Å². The van der Waals surface area contributed by atoms with Crippen molar-refractivity contribution in [3.63, 3.8) is 0 Å². The zero-order valence-electron chi connectivity index (χ0n) is 16.7. The zero-order valence-corrected chi connectivity index (χ0v) is 16.7. The van der Waals surface area contributed by atoms with Crippen LogP contribution in [0.25, 0.3) is 0 Å². The fourth-order valence-corrected chi connectivity index (χ4v) is 3.40. The van der Waals surface area contributed by atoms with E-state index in [0.717, 1.165) is 19.8 Å². The summed E-state index contributed by atoms with van der Waals surface area (Å²) < 4.78 is 48.0. The first-order valence-corrected chi connectivity index (χ1v) is 9.00. The Kier molecular flexibility index (Phi) is 7.75. The van der Waals surface area contributed by atoms with Gasteiger partial charge in [0.1, 0.15) is 6.04 Å². The largest absolute Gasteiger partial charge is 0.406 e. The van der Waals surface area contributed by atoms with E-state index in [-0.39, 0.29) is 6.61 Å². The molecule has 150 valence electrons. The highest BCUT2D eigenvalue weighted by Gasteiger charge is 2.48. The average molecular weight is 368 g/mol. The quantitative estimate of drug-likeness (QED) is 0.653. The van der Waals surface area contributed by atoms with Crippen LogP contribution in [-0.2, 0) is 9.47 Å². The Morgan fingerprint density at radius 2 is 1.20 bits per heavy atom. The summed E-state index contributed by atoms with van der Waals surface area (Å²) in [4.78, 5) is 3.95. The normalized spacial score (nSPS) is 27.6. The molecule has 0 amide bonds. The van der Waals surface area contributed by atoms with Gasteiger partial charge in [0.2, 0.25) is 0 Å². The fourth-order valence-electron chi connectivity index (χ4n) is 3.40. The number of ether oxygens (including phenoxy) is 2. The van der Waals surface area contributed by atoms with E-state index in [1.807, 2.05) is 0 Å². The molecular weight excluding hydrogens is 333 g/mol. The molecule has 0 radical (unpaired) electrons. The van der Waals surface area contributed by atoms with Crippen LogP contribution in [0.2, 0.25) is 0 Å². The van der Waals surface area contributed by atoms with Gasteiger partial charge in [-0.15, -0.1) is 0 Å². The van der Waals surface area contributed by atoms with Gasteiger partial charge in [-0.3, -0.25) is 9.80 Å². The van der Waals surface area contributed by atoms with Crippen molar-refractivity contribution in [1.29, 1.82) is 0 Å². The van der Waals surface area contributed by atoms with Crippen molar-refractivity contribution in [2.45, 2.75) is 77.8 Å². The van der Waals surface area contributed by atoms with E-state index < -0.39 is 17.8 Å². The minimum absolute atomic E-state index is 0.249. The lowest BCUT2D eigenvalue weighted by Crippen LogP contribution is -2.59. The lowest BCUT2D eigenvalue weighted by molar-refractivity contribution is -0.225. The molecule has 7 heteroatoms. The second-order valence-electron chi connectivity index (χ2n) is 8.78. The van der Waals surface area contributed by atoms with E-state index in [0.29, 0.717) is 24.7 Å². The molecule has 2 fully saturated rings. The molecule has 2 rings (SSSR count). The van der Waals surface area contributed by atoms with Gasteiger partial charge in [0, 0.05) is 30.2 Å². The molecule has 0 N–H and O–H groups in total. The van der Waals surface area contributed by atoms with Crippen LogP contribution in [0, 0.1) is 0 Å². The lowest BCUT2D eigenvalue weighted by Gasteiger charge is -2.44. The summed E-state index contributed by atoms with van der Waals surface area (Å²) in [5.41, 5.74) is -0.173. The fraction of sp³-hybridized carbons (Fsp3) is 1.00. The van der Waals surface area contributed by atoms with Crippen LogP contribution in [0.3, 0.4) is 0 Å². The summed E-state index contributed by atoms with van der Waals surface area (Å²) in [5, 5.41) is 0. The molecule has 0 aromatic carbocycles. The zero-order chi connectivity index (χ0) is 19.5. The number of morpholine rings is 2. The molecule has 0 unspecified atom stereocenters. The summed E-state index contributed by atoms with van der Waals surface area (Å²) >= 11 is 0. The van der Waals surface area contributed by atoms with Gasteiger partial charge >= 0.3 is 6.18 Å². The van der Waals surface area contributed by atoms with Crippen LogP contribution in [0.5, 0.6) is 0 Å². The standard InChI is InChI=1S/C9H16F3NO.C9H19NO/c1-8(2,3)13-4-5-14-6-7(13)9(10,11)12;1-8-7-11-6-5-10(8)9(2,3)4/h7H,4-6H2,1-3H3;8H,5-7H2,1-4H3/t7-;8-/m00/s1. The molecule has 0 bridgehead atoms.